The summed E-state index contributed by atoms with van der Waals surface area (Å²) >= 11 is 6.49. The van der Waals surface area contributed by atoms with Gasteiger partial charge in [0.15, 0.2) is 0 Å². The van der Waals surface area contributed by atoms with Gasteiger partial charge in [0.2, 0.25) is 0 Å². The molecule has 0 spiro atoms. The van der Waals surface area contributed by atoms with Gasteiger partial charge in [0.25, 0.3) is 0 Å². The Morgan fingerprint density at radius 2 is 2.00 bits per heavy atom. The Morgan fingerprint density at radius 3 is 2.71 bits per heavy atom. The second kappa shape index (κ2) is 8.65. The number of hydrogen-bond donors (Lipinski definition) is 1. The first-order valence-corrected chi connectivity index (χ1v) is 8.79. The minimum atomic E-state index is 0.830. The Labute approximate surface area is 134 Å². The molecular weight excluding hydrogens is 280 g/mol. The summed E-state index contributed by atoms with van der Waals surface area (Å²) in [6.45, 7) is 5.28. The van der Waals surface area contributed by atoms with E-state index in [1.54, 1.807) is 0 Å². The van der Waals surface area contributed by atoms with E-state index >= 15 is 0 Å². The number of rotatable bonds is 7. The van der Waals surface area contributed by atoms with E-state index in [1.807, 2.05) is 6.07 Å². The van der Waals surface area contributed by atoms with E-state index < -0.39 is 0 Å². The van der Waals surface area contributed by atoms with E-state index in [9.17, 15) is 0 Å². The second-order valence-corrected chi connectivity index (χ2v) is 6.72. The number of nitrogens with one attached hydrogen (secondary N) is 1. The van der Waals surface area contributed by atoms with Gasteiger partial charge in [-0.25, -0.2) is 0 Å². The van der Waals surface area contributed by atoms with E-state index in [-0.39, 0.29) is 0 Å². The normalized spacial score (nSPS) is 16.1. The van der Waals surface area contributed by atoms with Crippen LogP contribution in [-0.4, -0.2) is 20.1 Å². The summed E-state index contributed by atoms with van der Waals surface area (Å²) in [5.74, 6) is 0.830. The largest absolute Gasteiger partial charge is 0.373 e. The smallest absolute Gasteiger partial charge is 0.0642 e. The summed E-state index contributed by atoms with van der Waals surface area (Å²) in [7, 11) is 2.19. The molecule has 21 heavy (non-hydrogen) atoms. The molecule has 1 aliphatic carbocycles. The van der Waals surface area contributed by atoms with Crippen molar-refractivity contribution >= 4 is 17.3 Å². The van der Waals surface area contributed by atoms with Crippen LogP contribution in [0.15, 0.2) is 18.2 Å². The van der Waals surface area contributed by atoms with Gasteiger partial charge < -0.3 is 10.2 Å². The monoisotopic (exact) mass is 308 g/mol. The van der Waals surface area contributed by atoms with Crippen LogP contribution in [0.1, 0.15) is 51.0 Å². The maximum Gasteiger partial charge on any atom is 0.0642 e. The van der Waals surface area contributed by atoms with Crippen molar-refractivity contribution in [1.29, 1.82) is 0 Å². The zero-order chi connectivity index (χ0) is 15.1. The third-order valence-electron chi connectivity index (χ3n) is 4.45. The highest BCUT2D eigenvalue weighted by molar-refractivity contribution is 6.33. The van der Waals surface area contributed by atoms with Crippen molar-refractivity contribution in [2.24, 2.45) is 5.92 Å². The summed E-state index contributed by atoms with van der Waals surface area (Å²) in [5, 5.41) is 4.37. The van der Waals surface area contributed by atoms with E-state index in [4.69, 9.17) is 11.6 Å². The van der Waals surface area contributed by atoms with Gasteiger partial charge in [0.1, 0.15) is 0 Å². The molecule has 1 fully saturated rings. The summed E-state index contributed by atoms with van der Waals surface area (Å²) in [5.41, 5.74) is 2.53. The standard InChI is InChI=1S/C18H29ClN2/c1-3-12-20-13-16-10-7-11-17(19)18(16)21(2)14-15-8-5-4-6-9-15/h7,10-11,15,20H,3-6,8-9,12-14H2,1-2H3. The average Bonchev–Trinajstić information content (AvgIpc) is 2.48. The Morgan fingerprint density at radius 1 is 1.24 bits per heavy atom. The van der Waals surface area contributed by atoms with E-state index in [0.717, 1.165) is 37.0 Å². The van der Waals surface area contributed by atoms with Gasteiger partial charge in [-0.2, -0.15) is 0 Å². The van der Waals surface area contributed by atoms with Gasteiger partial charge in [0.05, 0.1) is 10.7 Å². The molecule has 0 radical (unpaired) electrons. The Hall–Kier alpha value is -0.730. The summed E-state index contributed by atoms with van der Waals surface area (Å²) in [4.78, 5) is 2.38. The highest BCUT2D eigenvalue weighted by atomic mass is 35.5. The van der Waals surface area contributed by atoms with Crippen LogP contribution in [-0.2, 0) is 6.54 Å². The van der Waals surface area contributed by atoms with Crippen LogP contribution >= 0.6 is 11.6 Å². The summed E-state index contributed by atoms with van der Waals surface area (Å²) in [6.07, 6.45) is 8.11. The molecule has 1 aromatic carbocycles. The zero-order valence-electron chi connectivity index (χ0n) is 13.5. The van der Waals surface area contributed by atoms with E-state index in [1.165, 1.54) is 43.4 Å². The number of halogens is 1. The number of para-hydroxylation sites is 1. The molecule has 0 aliphatic heterocycles. The first-order valence-electron chi connectivity index (χ1n) is 8.41. The van der Waals surface area contributed by atoms with Gasteiger partial charge in [-0.05, 0) is 43.4 Å². The topological polar surface area (TPSA) is 15.3 Å². The maximum atomic E-state index is 6.49. The van der Waals surface area contributed by atoms with Crippen molar-refractivity contribution in [3.05, 3.63) is 28.8 Å². The molecule has 0 atom stereocenters. The number of benzene rings is 1. The van der Waals surface area contributed by atoms with Crippen LogP contribution in [0.25, 0.3) is 0 Å². The second-order valence-electron chi connectivity index (χ2n) is 6.31. The quantitative estimate of drug-likeness (QED) is 0.724. The lowest BCUT2D eigenvalue weighted by atomic mass is 9.89. The van der Waals surface area contributed by atoms with Gasteiger partial charge in [-0.1, -0.05) is 49.9 Å². The molecule has 1 N–H and O–H groups in total. The van der Waals surface area contributed by atoms with Crippen LogP contribution in [0.3, 0.4) is 0 Å². The van der Waals surface area contributed by atoms with Crippen molar-refractivity contribution in [2.75, 3.05) is 25.0 Å². The van der Waals surface area contributed by atoms with Crippen molar-refractivity contribution in [3.8, 4) is 0 Å². The highest BCUT2D eigenvalue weighted by Crippen LogP contribution is 2.32. The molecule has 0 saturated heterocycles. The Kier molecular flexibility index (Phi) is 6.85. The molecule has 2 nitrogen and oxygen atoms in total. The van der Waals surface area contributed by atoms with Gasteiger partial charge >= 0.3 is 0 Å². The molecule has 0 aromatic heterocycles. The third kappa shape index (κ3) is 4.89. The molecule has 118 valence electrons. The van der Waals surface area contributed by atoms with Crippen molar-refractivity contribution in [2.45, 2.75) is 52.0 Å². The van der Waals surface area contributed by atoms with Crippen LogP contribution in [0, 0.1) is 5.92 Å². The molecule has 1 saturated carbocycles. The predicted octanol–water partition coefficient (Wildman–Crippen LogP) is 4.86. The minimum absolute atomic E-state index is 0.830. The van der Waals surface area contributed by atoms with Crippen LogP contribution in [0.5, 0.6) is 0 Å². The fourth-order valence-electron chi connectivity index (χ4n) is 3.38. The first kappa shape index (κ1) is 16.6. The molecule has 0 amide bonds. The van der Waals surface area contributed by atoms with Crippen LogP contribution in [0.4, 0.5) is 5.69 Å². The Bertz CT molecular complexity index is 427. The van der Waals surface area contributed by atoms with E-state index in [0.29, 0.717) is 0 Å². The van der Waals surface area contributed by atoms with Crippen molar-refractivity contribution < 1.29 is 0 Å². The van der Waals surface area contributed by atoms with Crippen molar-refractivity contribution in [3.63, 3.8) is 0 Å². The van der Waals surface area contributed by atoms with E-state index in [2.05, 4.69) is 36.3 Å². The molecule has 0 bridgehead atoms. The maximum absolute atomic E-state index is 6.49. The van der Waals surface area contributed by atoms with Gasteiger partial charge in [0, 0.05) is 20.1 Å². The SMILES string of the molecule is CCCNCc1cccc(Cl)c1N(C)CC1CCCCC1. The number of nitrogens with zero attached hydrogens (tertiary/aromatic N) is 1. The van der Waals surface area contributed by atoms with Gasteiger partial charge in [-0.3, -0.25) is 0 Å². The molecular formula is C18H29ClN2. The molecule has 1 aliphatic rings. The van der Waals surface area contributed by atoms with Gasteiger partial charge in [-0.15, -0.1) is 0 Å². The molecule has 3 heteroatoms. The third-order valence-corrected chi connectivity index (χ3v) is 4.76. The number of anilines is 1. The fourth-order valence-corrected chi connectivity index (χ4v) is 3.72. The average molecular weight is 309 g/mol. The molecule has 0 unspecified atom stereocenters. The first-order chi connectivity index (χ1) is 10.2. The minimum Gasteiger partial charge on any atom is -0.373 e. The lowest BCUT2D eigenvalue weighted by molar-refractivity contribution is 0.362. The predicted molar refractivity (Wildman–Crippen MR) is 93.3 cm³/mol. The van der Waals surface area contributed by atoms with Crippen LogP contribution in [0.2, 0.25) is 5.02 Å². The zero-order valence-corrected chi connectivity index (χ0v) is 14.3. The molecule has 0 heterocycles. The Balaban J connectivity index is 2.04. The van der Waals surface area contributed by atoms with Crippen molar-refractivity contribution in [1.82, 2.24) is 5.32 Å². The summed E-state index contributed by atoms with van der Waals surface area (Å²) in [6, 6.07) is 6.27. The molecule has 2 rings (SSSR count). The summed E-state index contributed by atoms with van der Waals surface area (Å²) < 4.78 is 0. The fraction of sp³-hybridized carbons (Fsp3) is 0.667. The highest BCUT2D eigenvalue weighted by Gasteiger charge is 2.18. The number of hydrogen-bond acceptors (Lipinski definition) is 2. The molecule has 1 aromatic rings. The lowest BCUT2D eigenvalue weighted by Gasteiger charge is -2.30. The lowest BCUT2D eigenvalue weighted by Crippen LogP contribution is -2.28. The van der Waals surface area contributed by atoms with Crippen LogP contribution < -0.4 is 10.2 Å².